The summed E-state index contributed by atoms with van der Waals surface area (Å²) in [7, 11) is 0. The molecule has 72 valence electrons. The van der Waals surface area contributed by atoms with Crippen LogP contribution in [0.4, 0.5) is 0 Å². The number of hydrogen-bond donors (Lipinski definition) is 0. The molecule has 0 N–H and O–H groups in total. The van der Waals surface area contributed by atoms with Crippen molar-refractivity contribution in [1.29, 1.82) is 0 Å². The lowest BCUT2D eigenvalue weighted by atomic mass is 9.73. The number of carbonyl (C=O) groups is 1. The number of ketones is 1. The van der Waals surface area contributed by atoms with Crippen molar-refractivity contribution in [3.05, 3.63) is 23.8 Å². The molecule has 0 fully saturated rings. The first-order valence-electron chi connectivity index (χ1n) is 4.86. The average Bonchev–Trinajstić information content (AvgIpc) is 2.04. The minimum atomic E-state index is 0.169. The highest BCUT2D eigenvalue weighted by Crippen LogP contribution is 2.36. The van der Waals surface area contributed by atoms with Crippen LogP contribution in [0.15, 0.2) is 23.8 Å². The van der Waals surface area contributed by atoms with Gasteiger partial charge in [-0.3, -0.25) is 4.79 Å². The van der Waals surface area contributed by atoms with Crippen LogP contribution in [0.1, 0.15) is 34.1 Å². The molecule has 1 aliphatic rings. The van der Waals surface area contributed by atoms with E-state index >= 15 is 0 Å². The Bertz CT molecular complexity index is 271. The summed E-state index contributed by atoms with van der Waals surface area (Å²) in [5.74, 6) is 0.788. The quantitative estimate of drug-likeness (QED) is 0.635. The summed E-state index contributed by atoms with van der Waals surface area (Å²) >= 11 is 0. The van der Waals surface area contributed by atoms with E-state index in [4.69, 9.17) is 0 Å². The van der Waals surface area contributed by atoms with Crippen molar-refractivity contribution in [2.75, 3.05) is 0 Å². The SMILES string of the molecule is CC(=O)C1=CCC(C)(C(C)C)C=C1. The maximum atomic E-state index is 11.1. The zero-order valence-corrected chi connectivity index (χ0v) is 8.92. The van der Waals surface area contributed by atoms with E-state index in [2.05, 4.69) is 32.9 Å². The highest BCUT2D eigenvalue weighted by molar-refractivity contribution is 5.96. The molecule has 0 aromatic heterocycles. The molecule has 1 nitrogen and oxygen atoms in total. The Hall–Kier alpha value is -0.850. The lowest BCUT2D eigenvalue weighted by molar-refractivity contribution is -0.113. The van der Waals surface area contributed by atoms with E-state index in [0.29, 0.717) is 5.92 Å². The molecule has 0 amide bonds. The number of carbonyl (C=O) groups excluding carboxylic acids is 1. The van der Waals surface area contributed by atoms with Crippen molar-refractivity contribution in [3.63, 3.8) is 0 Å². The monoisotopic (exact) mass is 178 g/mol. The van der Waals surface area contributed by atoms with Crippen molar-refractivity contribution in [1.82, 2.24) is 0 Å². The van der Waals surface area contributed by atoms with E-state index in [0.717, 1.165) is 12.0 Å². The fourth-order valence-corrected chi connectivity index (χ4v) is 1.44. The molecule has 0 saturated heterocycles. The van der Waals surface area contributed by atoms with Crippen LogP contribution in [-0.2, 0) is 4.79 Å². The number of hydrogen-bond acceptors (Lipinski definition) is 1. The third-order valence-corrected chi connectivity index (χ3v) is 3.13. The van der Waals surface area contributed by atoms with Gasteiger partial charge in [-0.25, -0.2) is 0 Å². The van der Waals surface area contributed by atoms with E-state index < -0.39 is 0 Å². The minimum Gasteiger partial charge on any atom is -0.295 e. The second kappa shape index (κ2) is 3.49. The molecule has 1 heteroatoms. The molecule has 0 radical (unpaired) electrons. The molecule has 1 unspecified atom stereocenters. The third-order valence-electron chi connectivity index (χ3n) is 3.13. The summed E-state index contributed by atoms with van der Waals surface area (Å²) in [6, 6.07) is 0. The van der Waals surface area contributed by atoms with Crippen LogP contribution in [0.2, 0.25) is 0 Å². The Morgan fingerprint density at radius 3 is 2.46 bits per heavy atom. The Kier molecular flexibility index (Phi) is 2.74. The molecule has 1 aliphatic carbocycles. The second-order valence-corrected chi connectivity index (χ2v) is 4.41. The van der Waals surface area contributed by atoms with Crippen molar-refractivity contribution in [3.8, 4) is 0 Å². The first-order chi connectivity index (χ1) is 5.96. The standard InChI is InChI=1S/C12H18O/c1-9(2)12(4)7-5-11(6-8-12)10(3)13/h5-7,9H,8H2,1-4H3. The number of rotatable bonds is 2. The fraction of sp³-hybridized carbons (Fsp3) is 0.583. The van der Waals surface area contributed by atoms with E-state index in [1.807, 2.05) is 6.08 Å². The van der Waals surface area contributed by atoms with Crippen molar-refractivity contribution >= 4 is 5.78 Å². The largest absolute Gasteiger partial charge is 0.295 e. The smallest absolute Gasteiger partial charge is 0.159 e. The van der Waals surface area contributed by atoms with Gasteiger partial charge in [0.25, 0.3) is 0 Å². The molecule has 0 spiro atoms. The normalized spacial score (nSPS) is 27.6. The summed E-state index contributed by atoms with van der Waals surface area (Å²) in [5.41, 5.74) is 1.09. The summed E-state index contributed by atoms with van der Waals surface area (Å²) in [4.78, 5) is 11.1. The van der Waals surface area contributed by atoms with Gasteiger partial charge < -0.3 is 0 Å². The van der Waals surface area contributed by atoms with Crippen LogP contribution in [0, 0.1) is 11.3 Å². The van der Waals surface area contributed by atoms with Gasteiger partial charge in [-0.2, -0.15) is 0 Å². The Balaban J connectivity index is 2.79. The highest BCUT2D eigenvalue weighted by Gasteiger charge is 2.26. The van der Waals surface area contributed by atoms with Gasteiger partial charge in [-0.05, 0) is 24.7 Å². The first kappa shape index (κ1) is 10.2. The van der Waals surface area contributed by atoms with Crippen LogP contribution in [-0.4, -0.2) is 5.78 Å². The second-order valence-electron chi connectivity index (χ2n) is 4.41. The fourth-order valence-electron chi connectivity index (χ4n) is 1.44. The van der Waals surface area contributed by atoms with Crippen LogP contribution >= 0.6 is 0 Å². The molecule has 0 aromatic rings. The van der Waals surface area contributed by atoms with Gasteiger partial charge in [-0.15, -0.1) is 0 Å². The third kappa shape index (κ3) is 2.09. The number of Topliss-reactive ketones (excluding diaryl/α,β-unsaturated/α-hetero) is 1. The Morgan fingerprint density at radius 1 is 1.54 bits per heavy atom. The van der Waals surface area contributed by atoms with E-state index in [1.165, 1.54) is 0 Å². The maximum absolute atomic E-state index is 11.1. The van der Waals surface area contributed by atoms with E-state index in [9.17, 15) is 4.79 Å². The summed E-state index contributed by atoms with van der Waals surface area (Å²) in [6.45, 7) is 8.30. The summed E-state index contributed by atoms with van der Waals surface area (Å²) in [5, 5.41) is 0. The Morgan fingerprint density at radius 2 is 2.15 bits per heavy atom. The lowest BCUT2D eigenvalue weighted by Gasteiger charge is -2.31. The maximum Gasteiger partial charge on any atom is 0.159 e. The zero-order valence-electron chi connectivity index (χ0n) is 8.92. The molecular formula is C12H18O. The topological polar surface area (TPSA) is 17.1 Å². The van der Waals surface area contributed by atoms with Crippen LogP contribution in [0.5, 0.6) is 0 Å². The molecule has 0 heterocycles. The highest BCUT2D eigenvalue weighted by atomic mass is 16.1. The van der Waals surface area contributed by atoms with E-state index in [1.54, 1.807) is 6.92 Å². The van der Waals surface area contributed by atoms with E-state index in [-0.39, 0.29) is 11.2 Å². The average molecular weight is 178 g/mol. The lowest BCUT2D eigenvalue weighted by Crippen LogP contribution is -2.22. The Labute approximate surface area is 80.5 Å². The number of allylic oxidation sites excluding steroid dienone is 4. The molecule has 0 aromatic carbocycles. The summed E-state index contributed by atoms with van der Waals surface area (Å²) < 4.78 is 0. The van der Waals surface area contributed by atoms with Gasteiger partial charge in [0.15, 0.2) is 5.78 Å². The van der Waals surface area contributed by atoms with Gasteiger partial charge in [0.05, 0.1) is 0 Å². The predicted molar refractivity (Wildman–Crippen MR) is 55.5 cm³/mol. The first-order valence-corrected chi connectivity index (χ1v) is 4.86. The van der Waals surface area contributed by atoms with Gasteiger partial charge in [0, 0.05) is 5.57 Å². The van der Waals surface area contributed by atoms with Gasteiger partial charge in [0.2, 0.25) is 0 Å². The van der Waals surface area contributed by atoms with Crippen molar-refractivity contribution in [2.45, 2.75) is 34.1 Å². The van der Waals surface area contributed by atoms with Crippen LogP contribution in [0.3, 0.4) is 0 Å². The van der Waals surface area contributed by atoms with Gasteiger partial charge in [-0.1, -0.05) is 39.0 Å². The molecule has 1 atom stereocenters. The predicted octanol–water partition coefficient (Wildman–Crippen LogP) is 3.12. The van der Waals surface area contributed by atoms with Crippen LogP contribution in [0.25, 0.3) is 0 Å². The van der Waals surface area contributed by atoms with Gasteiger partial charge >= 0.3 is 0 Å². The molecule has 1 rings (SSSR count). The molecule has 0 bridgehead atoms. The zero-order chi connectivity index (χ0) is 10.1. The van der Waals surface area contributed by atoms with Crippen molar-refractivity contribution < 1.29 is 4.79 Å². The molecule has 0 aliphatic heterocycles. The minimum absolute atomic E-state index is 0.169. The van der Waals surface area contributed by atoms with Crippen LogP contribution < -0.4 is 0 Å². The van der Waals surface area contributed by atoms with Gasteiger partial charge in [0.1, 0.15) is 0 Å². The molecule has 13 heavy (non-hydrogen) atoms. The van der Waals surface area contributed by atoms with Crippen molar-refractivity contribution in [2.24, 2.45) is 11.3 Å². The molecular weight excluding hydrogens is 160 g/mol. The molecule has 0 saturated carbocycles. The summed E-state index contributed by atoms with van der Waals surface area (Å²) in [6.07, 6.45) is 7.18.